The van der Waals surface area contributed by atoms with E-state index >= 15 is 0 Å². The second kappa shape index (κ2) is 4.52. The SMILES string of the molecule is CC1CC(C(=O)O)CCN1CCC1CC1. The molecule has 0 radical (unpaired) electrons. The van der Waals surface area contributed by atoms with Gasteiger partial charge in [0, 0.05) is 6.04 Å². The van der Waals surface area contributed by atoms with Crippen molar-refractivity contribution in [1.82, 2.24) is 4.90 Å². The van der Waals surface area contributed by atoms with E-state index < -0.39 is 5.97 Å². The van der Waals surface area contributed by atoms with Gasteiger partial charge < -0.3 is 10.0 Å². The van der Waals surface area contributed by atoms with Crippen molar-refractivity contribution in [3.63, 3.8) is 0 Å². The van der Waals surface area contributed by atoms with Gasteiger partial charge >= 0.3 is 5.97 Å². The molecule has 1 aliphatic carbocycles. The molecule has 1 aliphatic heterocycles. The zero-order valence-electron chi connectivity index (χ0n) is 9.48. The molecule has 3 nitrogen and oxygen atoms in total. The van der Waals surface area contributed by atoms with Gasteiger partial charge in [0.25, 0.3) is 0 Å². The van der Waals surface area contributed by atoms with Gasteiger partial charge in [-0.1, -0.05) is 12.8 Å². The summed E-state index contributed by atoms with van der Waals surface area (Å²) in [5, 5.41) is 8.95. The Labute approximate surface area is 91.5 Å². The summed E-state index contributed by atoms with van der Waals surface area (Å²) >= 11 is 0. The van der Waals surface area contributed by atoms with Crippen molar-refractivity contribution in [2.45, 2.75) is 45.1 Å². The minimum Gasteiger partial charge on any atom is -0.481 e. The zero-order valence-corrected chi connectivity index (χ0v) is 9.48. The van der Waals surface area contributed by atoms with Gasteiger partial charge in [-0.05, 0) is 45.2 Å². The summed E-state index contributed by atoms with van der Waals surface area (Å²) in [7, 11) is 0. The van der Waals surface area contributed by atoms with Crippen molar-refractivity contribution in [1.29, 1.82) is 0 Å². The third kappa shape index (κ3) is 2.94. The maximum absolute atomic E-state index is 10.9. The number of rotatable bonds is 4. The molecular formula is C12H21NO2. The van der Waals surface area contributed by atoms with Crippen molar-refractivity contribution >= 4 is 5.97 Å². The van der Waals surface area contributed by atoms with Crippen molar-refractivity contribution in [2.75, 3.05) is 13.1 Å². The molecule has 0 aromatic rings. The van der Waals surface area contributed by atoms with Crippen LogP contribution in [0.25, 0.3) is 0 Å². The first-order valence-electron chi connectivity index (χ1n) is 6.13. The maximum Gasteiger partial charge on any atom is 0.306 e. The summed E-state index contributed by atoms with van der Waals surface area (Å²) in [6.07, 6.45) is 5.83. The van der Waals surface area contributed by atoms with Crippen LogP contribution < -0.4 is 0 Å². The van der Waals surface area contributed by atoms with E-state index in [-0.39, 0.29) is 5.92 Å². The van der Waals surface area contributed by atoms with Crippen molar-refractivity contribution in [3.8, 4) is 0 Å². The average Bonchev–Trinajstić information content (AvgIpc) is 2.99. The van der Waals surface area contributed by atoms with Crippen LogP contribution in [0.3, 0.4) is 0 Å². The van der Waals surface area contributed by atoms with E-state index in [9.17, 15) is 4.79 Å². The monoisotopic (exact) mass is 211 g/mol. The summed E-state index contributed by atoms with van der Waals surface area (Å²) in [5.41, 5.74) is 0. The Balaban J connectivity index is 1.75. The van der Waals surface area contributed by atoms with Gasteiger partial charge in [0.1, 0.15) is 0 Å². The van der Waals surface area contributed by atoms with Crippen molar-refractivity contribution in [3.05, 3.63) is 0 Å². The average molecular weight is 211 g/mol. The fourth-order valence-corrected chi connectivity index (χ4v) is 2.53. The quantitative estimate of drug-likeness (QED) is 0.773. The molecule has 1 saturated carbocycles. The summed E-state index contributed by atoms with van der Waals surface area (Å²) in [4.78, 5) is 13.3. The lowest BCUT2D eigenvalue weighted by Gasteiger charge is -2.36. The van der Waals surface area contributed by atoms with Crippen LogP contribution in [0.5, 0.6) is 0 Å². The largest absolute Gasteiger partial charge is 0.481 e. The molecule has 2 unspecified atom stereocenters. The molecule has 0 aromatic heterocycles. The Bertz CT molecular complexity index is 238. The van der Waals surface area contributed by atoms with Crippen LogP contribution in [0.1, 0.15) is 39.0 Å². The predicted molar refractivity (Wildman–Crippen MR) is 58.7 cm³/mol. The van der Waals surface area contributed by atoms with Gasteiger partial charge in [-0.25, -0.2) is 0 Å². The molecule has 0 bridgehead atoms. The van der Waals surface area contributed by atoms with Gasteiger partial charge in [-0.15, -0.1) is 0 Å². The summed E-state index contributed by atoms with van der Waals surface area (Å²) in [5.74, 6) is 0.273. The number of hydrogen-bond acceptors (Lipinski definition) is 2. The summed E-state index contributed by atoms with van der Waals surface area (Å²) in [6, 6.07) is 0.457. The third-order valence-corrected chi connectivity index (χ3v) is 3.88. The number of carboxylic acids is 1. The van der Waals surface area contributed by atoms with E-state index in [1.165, 1.54) is 25.8 Å². The Morgan fingerprint density at radius 3 is 2.67 bits per heavy atom. The van der Waals surface area contributed by atoms with Crippen LogP contribution >= 0.6 is 0 Å². The fourth-order valence-electron chi connectivity index (χ4n) is 2.53. The second-order valence-electron chi connectivity index (χ2n) is 5.18. The van der Waals surface area contributed by atoms with Gasteiger partial charge in [0.2, 0.25) is 0 Å². The van der Waals surface area contributed by atoms with E-state index in [0.717, 1.165) is 25.3 Å². The first-order valence-corrected chi connectivity index (χ1v) is 6.13. The molecule has 0 spiro atoms. The highest BCUT2D eigenvalue weighted by Gasteiger charge is 2.30. The Kier molecular flexibility index (Phi) is 3.29. The van der Waals surface area contributed by atoms with E-state index in [0.29, 0.717) is 6.04 Å². The number of piperidine rings is 1. The van der Waals surface area contributed by atoms with Crippen LogP contribution in [0.2, 0.25) is 0 Å². The number of hydrogen-bond donors (Lipinski definition) is 1. The zero-order chi connectivity index (χ0) is 10.8. The van der Waals surface area contributed by atoms with Gasteiger partial charge in [0.05, 0.1) is 5.92 Å². The van der Waals surface area contributed by atoms with Gasteiger partial charge in [-0.3, -0.25) is 4.79 Å². The molecule has 0 aromatic carbocycles. The summed E-state index contributed by atoms with van der Waals surface area (Å²) < 4.78 is 0. The van der Waals surface area contributed by atoms with Crippen LogP contribution in [0.15, 0.2) is 0 Å². The molecule has 0 amide bonds. The number of nitrogens with zero attached hydrogens (tertiary/aromatic N) is 1. The number of carbonyl (C=O) groups is 1. The molecule has 2 atom stereocenters. The molecule has 2 fully saturated rings. The standard InChI is InChI=1S/C12H21NO2/c1-9-8-11(12(14)15)5-7-13(9)6-4-10-2-3-10/h9-11H,2-8H2,1H3,(H,14,15). The maximum atomic E-state index is 10.9. The minimum absolute atomic E-state index is 0.0998. The summed E-state index contributed by atoms with van der Waals surface area (Å²) in [6.45, 7) is 4.32. The third-order valence-electron chi connectivity index (χ3n) is 3.88. The lowest BCUT2D eigenvalue weighted by atomic mass is 9.91. The molecule has 1 saturated heterocycles. The smallest absolute Gasteiger partial charge is 0.306 e. The van der Waals surface area contributed by atoms with Gasteiger partial charge in [0.15, 0.2) is 0 Å². The molecule has 3 heteroatoms. The first-order chi connectivity index (χ1) is 7.16. The Morgan fingerprint density at radius 1 is 1.40 bits per heavy atom. The first kappa shape index (κ1) is 10.9. The number of likely N-dealkylation sites (tertiary alicyclic amines) is 1. The molecule has 1 heterocycles. The van der Waals surface area contributed by atoms with Crippen LogP contribution in [-0.4, -0.2) is 35.1 Å². The molecule has 1 N–H and O–H groups in total. The molecule has 2 rings (SSSR count). The normalized spacial score (nSPS) is 32.9. The van der Waals surface area contributed by atoms with E-state index in [1.54, 1.807) is 0 Å². The Hall–Kier alpha value is -0.570. The second-order valence-corrected chi connectivity index (χ2v) is 5.18. The Morgan fingerprint density at radius 2 is 2.13 bits per heavy atom. The van der Waals surface area contributed by atoms with E-state index in [1.807, 2.05) is 0 Å². The van der Waals surface area contributed by atoms with E-state index in [2.05, 4.69) is 11.8 Å². The highest BCUT2D eigenvalue weighted by atomic mass is 16.4. The lowest BCUT2D eigenvalue weighted by molar-refractivity contribution is -0.144. The van der Waals surface area contributed by atoms with E-state index in [4.69, 9.17) is 5.11 Å². The number of carboxylic acid groups (broad SMARTS) is 1. The van der Waals surface area contributed by atoms with Crippen LogP contribution in [0.4, 0.5) is 0 Å². The minimum atomic E-state index is -0.608. The molecule has 86 valence electrons. The predicted octanol–water partition coefficient (Wildman–Crippen LogP) is 1.97. The van der Waals surface area contributed by atoms with Crippen molar-refractivity contribution in [2.24, 2.45) is 11.8 Å². The highest BCUT2D eigenvalue weighted by Crippen LogP contribution is 2.33. The van der Waals surface area contributed by atoms with Crippen LogP contribution in [-0.2, 0) is 4.79 Å². The molecule has 15 heavy (non-hydrogen) atoms. The number of aliphatic carboxylic acids is 1. The topological polar surface area (TPSA) is 40.5 Å². The lowest BCUT2D eigenvalue weighted by Crippen LogP contribution is -2.43. The molecule has 2 aliphatic rings. The molecular weight excluding hydrogens is 190 g/mol. The van der Waals surface area contributed by atoms with Crippen molar-refractivity contribution < 1.29 is 9.90 Å². The van der Waals surface area contributed by atoms with Gasteiger partial charge in [-0.2, -0.15) is 0 Å². The highest BCUT2D eigenvalue weighted by molar-refractivity contribution is 5.70. The fraction of sp³-hybridized carbons (Fsp3) is 0.917. The van der Waals surface area contributed by atoms with Crippen LogP contribution in [0, 0.1) is 11.8 Å².